The van der Waals surface area contributed by atoms with Gasteiger partial charge in [0.15, 0.2) is 5.65 Å². The molecule has 5 rings (SSSR count). The van der Waals surface area contributed by atoms with E-state index in [1.807, 2.05) is 10.9 Å². The first kappa shape index (κ1) is 26.0. The van der Waals surface area contributed by atoms with Crippen molar-refractivity contribution >= 4 is 17.0 Å². The van der Waals surface area contributed by atoms with E-state index in [0.717, 1.165) is 80.7 Å². The number of aliphatic hydroxyl groups excluding tert-OH is 1. The van der Waals surface area contributed by atoms with Crippen molar-refractivity contribution in [1.82, 2.24) is 29.5 Å². The van der Waals surface area contributed by atoms with Gasteiger partial charge in [0.2, 0.25) is 5.95 Å². The average molecular weight is 510 g/mol. The van der Waals surface area contributed by atoms with Crippen LogP contribution < -0.4 is 5.32 Å². The Morgan fingerprint density at radius 1 is 1.05 bits per heavy atom. The van der Waals surface area contributed by atoms with Crippen molar-refractivity contribution in [2.75, 3.05) is 44.7 Å². The molecule has 0 radical (unpaired) electrons. The normalized spacial score (nSPS) is 21.6. The molecular weight excluding hydrogens is 469 g/mol. The molecule has 3 aromatic rings. The van der Waals surface area contributed by atoms with Crippen LogP contribution in [0.5, 0.6) is 0 Å². The van der Waals surface area contributed by atoms with E-state index in [4.69, 9.17) is 10.1 Å². The van der Waals surface area contributed by atoms with E-state index in [0.29, 0.717) is 25.0 Å². The molecule has 0 atom stereocenters. The molecule has 9 heteroatoms. The molecule has 1 saturated heterocycles. The van der Waals surface area contributed by atoms with Gasteiger partial charge in [-0.2, -0.15) is 10.1 Å². The van der Waals surface area contributed by atoms with Crippen LogP contribution in [0, 0.1) is 0 Å². The summed E-state index contributed by atoms with van der Waals surface area (Å²) in [4.78, 5) is 14.4. The third-order valence-electron chi connectivity index (χ3n) is 7.82. The van der Waals surface area contributed by atoms with Crippen LogP contribution in [-0.4, -0.2) is 86.2 Å². The number of nitrogens with one attached hydrogen (secondary N) is 1. The molecule has 0 bridgehead atoms. The highest BCUT2D eigenvalue weighted by molar-refractivity contribution is 5.91. The summed E-state index contributed by atoms with van der Waals surface area (Å²) in [6, 6.07) is 9.53. The summed E-state index contributed by atoms with van der Waals surface area (Å²) >= 11 is 0. The molecule has 3 heterocycles. The molecule has 0 unspecified atom stereocenters. The lowest BCUT2D eigenvalue weighted by atomic mass is 9.93. The second-order valence-electron chi connectivity index (χ2n) is 10.8. The van der Waals surface area contributed by atoms with Crippen LogP contribution in [0.4, 0.5) is 10.3 Å². The SMILES string of the molecule is CC(C)N1CCN(Cc2ccc(-c3nn(C4CCC(O)CC4)c4nc(NCCCF)ncc34)cc2)CC1. The van der Waals surface area contributed by atoms with Crippen molar-refractivity contribution < 1.29 is 9.50 Å². The van der Waals surface area contributed by atoms with E-state index in [1.165, 1.54) is 5.56 Å². The summed E-state index contributed by atoms with van der Waals surface area (Å²) in [7, 11) is 0. The van der Waals surface area contributed by atoms with Gasteiger partial charge in [-0.1, -0.05) is 24.3 Å². The van der Waals surface area contributed by atoms with Crippen LogP contribution in [0.1, 0.15) is 57.6 Å². The highest BCUT2D eigenvalue weighted by Gasteiger charge is 2.26. The van der Waals surface area contributed by atoms with Gasteiger partial charge < -0.3 is 10.4 Å². The predicted molar refractivity (Wildman–Crippen MR) is 145 cm³/mol. The molecule has 2 aromatic heterocycles. The van der Waals surface area contributed by atoms with Gasteiger partial charge in [-0.15, -0.1) is 0 Å². The van der Waals surface area contributed by atoms with Gasteiger partial charge in [0.05, 0.1) is 24.2 Å². The Balaban J connectivity index is 1.37. The van der Waals surface area contributed by atoms with Crippen LogP contribution >= 0.6 is 0 Å². The molecule has 37 heavy (non-hydrogen) atoms. The number of alkyl halides is 1. The van der Waals surface area contributed by atoms with Crippen LogP contribution in [0.25, 0.3) is 22.3 Å². The summed E-state index contributed by atoms with van der Waals surface area (Å²) in [6.07, 6.45) is 5.31. The fourth-order valence-corrected chi connectivity index (χ4v) is 5.51. The highest BCUT2D eigenvalue weighted by atomic mass is 19.1. The Morgan fingerprint density at radius 3 is 2.46 bits per heavy atom. The Bertz CT molecular complexity index is 1150. The summed E-state index contributed by atoms with van der Waals surface area (Å²) in [5.74, 6) is 0.498. The Hall–Kier alpha value is -2.62. The van der Waals surface area contributed by atoms with Gasteiger partial charge in [-0.3, -0.25) is 14.2 Å². The number of nitrogens with zero attached hydrogens (tertiary/aromatic N) is 6. The van der Waals surface area contributed by atoms with E-state index in [2.05, 4.69) is 58.2 Å². The zero-order valence-electron chi connectivity index (χ0n) is 22.1. The molecular formula is C28H40FN7O. The number of benzene rings is 1. The molecule has 2 fully saturated rings. The Morgan fingerprint density at radius 2 is 1.78 bits per heavy atom. The molecule has 1 aromatic carbocycles. The molecule has 200 valence electrons. The number of rotatable bonds is 9. The maximum atomic E-state index is 12.6. The number of aliphatic hydroxyl groups is 1. The second kappa shape index (κ2) is 11.8. The van der Waals surface area contributed by atoms with Crippen molar-refractivity contribution in [1.29, 1.82) is 0 Å². The van der Waals surface area contributed by atoms with E-state index >= 15 is 0 Å². The second-order valence-corrected chi connectivity index (χ2v) is 10.8. The Labute approximate surface area is 218 Å². The van der Waals surface area contributed by atoms with Gasteiger partial charge in [0.25, 0.3) is 0 Å². The molecule has 1 aliphatic carbocycles. The van der Waals surface area contributed by atoms with E-state index in [9.17, 15) is 9.50 Å². The summed E-state index contributed by atoms with van der Waals surface area (Å²) < 4.78 is 14.6. The van der Waals surface area contributed by atoms with Gasteiger partial charge in [-0.25, -0.2) is 9.67 Å². The summed E-state index contributed by atoms with van der Waals surface area (Å²) in [5, 5.41) is 19.1. The van der Waals surface area contributed by atoms with Crippen molar-refractivity contribution in [2.24, 2.45) is 0 Å². The summed E-state index contributed by atoms with van der Waals surface area (Å²) in [5.41, 5.74) is 4.03. The maximum absolute atomic E-state index is 12.6. The predicted octanol–water partition coefficient (Wildman–Crippen LogP) is 4.27. The molecule has 1 aliphatic heterocycles. The molecule has 2 aliphatic rings. The van der Waals surface area contributed by atoms with Crippen molar-refractivity contribution in [2.45, 2.75) is 70.7 Å². The number of anilines is 1. The lowest BCUT2D eigenvalue weighted by molar-refractivity contribution is 0.104. The number of fused-ring (bicyclic) bond motifs is 1. The molecule has 8 nitrogen and oxygen atoms in total. The average Bonchev–Trinajstić information content (AvgIpc) is 3.29. The Kier molecular flexibility index (Phi) is 8.32. The number of hydrogen-bond donors (Lipinski definition) is 2. The largest absolute Gasteiger partial charge is 0.393 e. The first-order valence-electron chi connectivity index (χ1n) is 13.8. The lowest BCUT2D eigenvalue weighted by Gasteiger charge is -2.36. The monoisotopic (exact) mass is 509 g/mol. The standard InChI is InChI=1S/C28H40FN7O/c1-20(2)35-16-14-34(15-17-35)19-21-4-6-22(7-5-21)26-25-18-31-28(30-13-3-12-29)32-27(25)36(33-26)23-8-10-24(37)11-9-23/h4-7,18,20,23-24,37H,3,8-17,19H2,1-2H3,(H,30,31,32). The van der Waals surface area contributed by atoms with Crippen molar-refractivity contribution in [3.05, 3.63) is 36.0 Å². The number of hydrogen-bond acceptors (Lipinski definition) is 7. The zero-order chi connectivity index (χ0) is 25.8. The minimum atomic E-state index is -0.369. The third kappa shape index (κ3) is 6.10. The molecule has 1 saturated carbocycles. The quantitative estimate of drug-likeness (QED) is 0.417. The third-order valence-corrected chi connectivity index (χ3v) is 7.82. The van der Waals surface area contributed by atoms with Crippen LogP contribution in [0.15, 0.2) is 30.5 Å². The lowest BCUT2D eigenvalue weighted by Crippen LogP contribution is -2.48. The number of halogens is 1. The van der Waals surface area contributed by atoms with Crippen LogP contribution in [0.2, 0.25) is 0 Å². The first-order chi connectivity index (χ1) is 18.0. The van der Waals surface area contributed by atoms with E-state index in [-0.39, 0.29) is 18.8 Å². The van der Waals surface area contributed by atoms with E-state index < -0.39 is 0 Å². The summed E-state index contributed by atoms with van der Waals surface area (Å²) in [6.45, 7) is 10.1. The van der Waals surface area contributed by atoms with Crippen LogP contribution in [0.3, 0.4) is 0 Å². The maximum Gasteiger partial charge on any atom is 0.224 e. The van der Waals surface area contributed by atoms with Gasteiger partial charge >= 0.3 is 0 Å². The highest BCUT2D eigenvalue weighted by Crippen LogP contribution is 2.34. The van der Waals surface area contributed by atoms with E-state index in [1.54, 1.807) is 0 Å². The fraction of sp³-hybridized carbons (Fsp3) is 0.607. The molecule has 0 spiro atoms. The first-order valence-corrected chi connectivity index (χ1v) is 13.8. The number of piperazine rings is 1. The minimum Gasteiger partial charge on any atom is -0.393 e. The van der Waals surface area contributed by atoms with Gasteiger partial charge in [-0.05, 0) is 51.5 Å². The molecule has 0 amide bonds. The minimum absolute atomic E-state index is 0.192. The smallest absolute Gasteiger partial charge is 0.224 e. The molecule has 2 N–H and O–H groups in total. The topological polar surface area (TPSA) is 82.3 Å². The fourth-order valence-electron chi connectivity index (χ4n) is 5.51. The zero-order valence-corrected chi connectivity index (χ0v) is 22.1. The number of aromatic nitrogens is 4. The van der Waals surface area contributed by atoms with Crippen LogP contribution in [-0.2, 0) is 6.54 Å². The van der Waals surface area contributed by atoms with Gasteiger partial charge in [0.1, 0.15) is 5.69 Å². The van der Waals surface area contributed by atoms with Gasteiger partial charge in [0, 0.05) is 57.1 Å². The van der Waals surface area contributed by atoms with Crippen molar-refractivity contribution in [3.63, 3.8) is 0 Å². The van der Waals surface area contributed by atoms with Crippen molar-refractivity contribution in [3.8, 4) is 11.3 Å².